The summed E-state index contributed by atoms with van der Waals surface area (Å²) in [5.74, 6) is 0.722. The van der Waals surface area contributed by atoms with E-state index in [9.17, 15) is 0 Å². The molecule has 4 heteroatoms. The maximum Gasteiger partial charge on any atom is 0.133 e. The van der Waals surface area contributed by atoms with Crippen molar-refractivity contribution in [3.63, 3.8) is 0 Å². The van der Waals surface area contributed by atoms with Crippen LogP contribution in [0, 0.1) is 6.92 Å². The van der Waals surface area contributed by atoms with Gasteiger partial charge in [0.15, 0.2) is 0 Å². The molecule has 13 heavy (non-hydrogen) atoms. The second kappa shape index (κ2) is 3.84. The summed E-state index contributed by atoms with van der Waals surface area (Å²) in [7, 11) is 0. The van der Waals surface area contributed by atoms with Crippen molar-refractivity contribution < 1.29 is 0 Å². The molecule has 0 unspecified atom stereocenters. The summed E-state index contributed by atoms with van der Waals surface area (Å²) in [4.78, 5) is 8.29. The van der Waals surface area contributed by atoms with Crippen molar-refractivity contribution in [2.24, 2.45) is 0 Å². The maximum absolute atomic E-state index is 5.81. The molecule has 0 atom stereocenters. The molecule has 0 saturated carbocycles. The minimum Gasteiger partial charge on any atom is -0.227 e. The number of hydrogen-bond acceptors (Lipinski definition) is 3. The number of hydrogen-bond donors (Lipinski definition) is 0. The normalized spacial score (nSPS) is 11.8. The van der Waals surface area contributed by atoms with Gasteiger partial charge in [-0.05, 0) is 6.92 Å². The van der Waals surface area contributed by atoms with Crippen LogP contribution in [0.1, 0.15) is 26.6 Å². The minimum absolute atomic E-state index is 0.157. The lowest BCUT2D eigenvalue weighted by atomic mass is 10.3. The third-order valence-electron chi connectivity index (χ3n) is 1.19. The molecule has 0 radical (unpaired) electrons. The lowest BCUT2D eigenvalue weighted by Crippen LogP contribution is -2.07. The SMILES string of the molecule is Cc1nc(Cl)cc(SC(C)(C)C)n1. The van der Waals surface area contributed by atoms with Gasteiger partial charge in [-0.2, -0.15) is 0 Å². The standard InChI is InChI=1S/C9H13ClN2S/c1-6-11-7(10)5-8(12-6)13-9(2,3)4/h5H,1-4H3. The van der Waals surface area contributed by atoms with Crippen molar-refractivity contribution in [3.8, 4) is 0 Å². The number of aryl methyl sites for hydroxylation is 1. The Morgan fingerprint density at radius 1 is 1.31 bits per heavy atom. The molecule has 0 saturated heterocycles. The summed E-state index contributed by atoms with van der Waals surface area (Å²) in [5.41, 5.74) is 0. The zero-order valence-corrected chi connectivity index (χ0v) is 9.83. The largest absolute Gasteiger partial charge is 0.227 e. The Hall–Kier alpha value is -0.280. The van der Waals surface area contributed by atoms with Gasteiger partial charge in [0.05, 0.1) is 0 Å². The highest BCUT2D eigenvalue weighted by molar-refractivity contribution is 8.00. The molecule has 0 aromatic carbocycles. The van der Waals surface area contributed by atoms with Crippen molar-refractivity contribution in [1.29, 1.82) is 0 Å². The molecule has 0 N–H and O–H groups in total. The van der Waals surface area contributed by atoms with Crippen LogP contribution in [0.25, 0.3) is 0 Å². The van der Waals surface area contributed by atoms with E-state index in [1.165, 1.54) is 0 Å². The molecule has 72 valence electrons. The first-order chi connectivity index (χ1) is 5.87. The first kappa shape index (κ1) is 10.8. The number of thioether (sulfide) groups is 1. The van der Waals surface area contributed by atoms with Gasteiger partial charge in [0, 0.05) is 10.8 Å². The molecule has 1 rings (SSSR count). The van der Waals surface area contributed by atoms with E-state index in [0.29, 0.717) is 5.15 Å². The van der Waals surface area contributed by atoms with E-state index in [1.807, 2.05) is 6.92 Å². The topological polar surface area (TPSA) is 25.8 Å². The van der Waals surface area contributed by atoms with E-state index in [-0.39, 0.29) is 4.75 Å². The van der Waals surface area contributed by atoms with Gasteiger partial charge in [-0.15, -0.1) is 11.8 Å². The van der Waals surface area contributed by atoms with E-state index >= 15 is 0 Å². The first-order valence-corrected chi connectivity index (χ1v) is 5.26. The highest BCUT2D eigenvalue weighted by Crippen LogP contribution is 2.31. The summed E-state index contributed by atoms with van der Waals surface area (Å²) in [6, 6.07) is 1.80. The van der Waals surface area contributed by atoms with Gasteiger partial charge < -0.3 is 0 Å². The van der Waals surface area contributed by atoms with Gasteiger partial charge in [0.2, 0.25) is 0 Å². The molecule has 0 fully saturated rings. The van der Waals surface area contributed by atoms with Crippen LogP contribution in [-0.4, -0.2) is 14.7 Å². The number of nitrogens with zero attached hydrogens (tertiary/aromatic N) is 2. The van der Waals surface area contributed by atoms with E-state index in [2.05, 4.69) is 30.7 Å². The summed E-state index contributed by atoms with van der Waals surface area (Å²) in [5, 5.41) is 1.45. The highest BCUT2D eigenvalue weighted by Gasteiger charge is 2.13. The molecule has 0 aliphatic heterocycles. The van der Waals surface area contributed by atoms with E-state index in [0.717, 1.165) is 10.9 Å². The zero-order chi connectivity index (χ0) is 10.1. The maximum atomic E-state index is 5.81. The molecule has 0 aliphatic rings. The predicted molar refractivity (Wildman–Crippen MR) is 57.4 cm³/mol. The second-order valence-electron chi connectivity index (χ2n) is 3.79. The molecule has 1 aromatic rings. The Labute approximate surface area is 88.1 Å². The van der Waals surface area contributed by atoms with Gasteiger partial charge in [0.25, 0.3) is 0 Å². The van der Waals surface area contributed by atoms with Crippen molar-refractivity contribution in [1.82, 2.24) is 9.97 Å². The lowest BCUT2D eigenvalue weighted by molar-refractivity contribution is 0.797. The van der Waals surface area contributed by atoms with Gasteiger partial charge in [-0.1, -0.05) is 32.4 Å². The van der Waals surface area contributed by atoms with Crippen LogP contribution in [0.4, 0.5) is 0 Å². The third-order valence-corrected chi connectivity index (χ3v) is 2.42. The minimum atomic E-state index is 0.157. The van der Waals surface area contributed by atoms with Crippen LogP contribution in [0.15, 0.2) is 11.1 Å². The Morgan fingerprint density at radius 3 is 2.38 bits per heavy atom. The monoisotopic (exact) mass is 216 g/mol. The Morgan fingerprint density at radius 2 is 1.92 bits per heavy atom. The van der Waals surface area contributed by atoms with Crippen LogP contribution in [0.3, 0.4) is 0 Å². The van der Waals surface area contributed by atoms with Crippen LogP contribution in [0.5, 0.6) is 0 Å². The number of aromatic nitrogens is 2. The van der Waals surface area contributed by atoms with Gasteiger partial charge in [0.1, 0.15) is 16.0 Å². The summed E-state index contributed by atoms with van der Waals surface area (Å²) < 4.78 is 0.157. The summed E-state index contributed by atoms with van der Waals surface area (Å²) >= 11 is 7.51. The molecule has 1 aromatic heterocycles. The highest BCUT2D eigenvalue weighted by atomic mass is 35.5. The fraction of sp³-hybridized carbons (Fsp3) is 0.556. The van der Waals surface area contributed by atoms with Gasteiger partial charge in [-0.3, -0.25) is 0 Å². The molecule has 0 spiro atoms. The molecular formula is C9H13ClN2S. The molecule has 0 aliphatic carbocycles. The number of halogens is 1. The van der Waals surface area contributed by atoms with Crippen molar-refractivity contribution in [2.45, 2.75) is 37.5 Å². The Balaban J connectivity index is 2.90. The fourth-order valence-corrected chi connectivity index (χ4v) is 2.14. The first-order valence-electron chi connectivity index (χ1n) is 4.07. The van der Waals surface area contributed by atoms with Gasteiger partial charge in [-0.25, -0.2) is 9.97 Å². The van der Waals surface area contributed by atoms with E-state index in [4.69, 9.17) is 11.6 Å². The molecule has 2 nitrogen and oxygen atoms in total. The van der Waals surface area contributed by atoms with Gasteiger partial charge >= 0.3 is 0 Å². The smallest absolute Gasteiger partial charge is 0.133 e. The third kappa shape index (κ3) is 3.96. The van der Waals surface area contributed by atoms with Crippen LogP contribution >= 0.6 is 23.4 Å². The fourth-order valence-electron chi connectivity index (χ4n) is 0.871. The average molecular weight is 217 g/mol. The Kier molecular flexibility index (Phi) is 3.19. The quantitative estimate of drug-likeness (QED) is 0.532. The van der Waals surface area contributed by atoms with E-state index < -0.39 is 0 Å². The zero-order valence-electron chi connectivity index (χ0n) is 8.26. The molecular weight excluding hydrogens is 204 g/mol. The van der Waals surface area contributed by atoms with Crippen LogP contribution < -0.4 is 0 Å². The average Bonchev–Trinajstić information content (AvgIpc) is 1.78. The Bertz CT molecular complexity index is 287. The second-order valence-corrected chi connectivity index (χ2v) is 6.02. The number of rotatable bonds is 1. The molecule has 1 heterocycles. The summed E-state index contributed by atoms with van der Waals surface area (Å²) in [6.07, 6.45) is 0. The van der Waals surface area contributed by atoms with E-state index in [1.54, 1.807) is 17.8 Å². The van der Waals surface area contributed by atoms with Crippen molar-refractivity contribution in [3.05, 3.63) is 17.0 Å². The van der Waals surface area contributed by atoms with Crippen LogP contribution in [0.2, 0.25) is 5.15 Å². The summed E-state index contributed by atoms with van der Waals surface area (Å²) in [6.45, 7) is 8.27. The molecule has 0 bridgehead atoms. The lowest BCUT2D eigenvalue weighted by Gasteiger charge is -2.16. The van der Waals surface area contributed by atoms with Crippen molar-refractivity contribution in [2.75, 3.05) is 0 Å². The van der Waals surface area contributed by atoms with Crippen molar-refractivity contribution >= 4 is 23.4 Å². The predicted octanol–water partition coefficient (Wildman–Crippen LogP) is 3.33. The van der Waals surface area contributed by atoms with Crippen LogP contribution in [-0.2, 0) is 0 Å². The molecule has 0 amide bonds.